The molecule has 1 aromatic carbocycles. The largest absolute Gasteiger partial charge is 0.480 e. The van der Waals surface area contributed by atoms with Crippen LogP contribution >= 0.6 is 0 Å². The molecule has 0 aromatic heterocycles. The van der Waals surface area contributed by atoms with Crippen LogP contribution in [0.2, 0.25) is 0 Å². The van der Waals surface area contributed by atoms with Crippen LogP contribution in [0.15, 0.2) is 30.3 Å². The molecule has 0 heterocycles. The molecule has 2 unspecified atom stereocenters. The molecule has 2 aliphatic rings. The smallest absolute Gasteiger partial charge is 0.325 e. The molecule has 3 rings (SSSR count). The Morgan fingerprint density at radius 1 is 1.29 bits per heavy atom. The number of hydrogen-bond donors (Lipinski definition) is 2. The molecule has 0 saturated heterocycles. The molecule has 2 aliphatic carbocycles. The minimum absolute atomic E-state index is 0.162. The van der Waals surface area contributed by atoms with Crippen LogP contribution in [-0.4, -0.2) is 17.1 Å². The van der Waals surface area contributed by atoms with Gasteiger partial charge in [0.2, 0.25) is 0 Å². The van der Waals surface area contributed by atoms with Crippen molar-refractivity contribution in [1.29, 1.82) is 0 Å². The summed E-state index contributed by atoms with van der Waals surface area (Å²) in [4.78, 5) is 11.7. The first-order chi connectivity index (χ1) is 9.84. The topological polar surface area (TPSA) is 49.3 Å². The number of fused-ring (bicyclic) bond motifs is 2. The van der Waals surface area contributed by atoms with Crippen molar-refractivity contribution >= 4 is 5.97 Å². The van der Waals surface area contributed by atoms with Crippen LogP contribution in [0.25, 0.3) is 0 Å². The van der Waals surface area contributed by atoms with E-state index < -0.39 is 12.0 Å². The zero-order valence-electron chi connectivity index (χ0n) is 13.1. The van der Waals surface area contributed by atoms with E-state index in [4.69, 9.17) is 0 Å². The number of carboxylic acids is 1. The average Bonchev–Trinajstić information content (AvgIpc) is 2.90. The van der Waals surface area contributed by atoms with Gasteiger partial charge in [-0.3, -0.25) is 10.1 Å². The molecule has 0 radical (unpaired) electrons. The third kappa shape index (κ3) is 2.28. The number of nitrogens with one attached hydrogen (secondary N) is 1. The van der Waals surface area contributed by atoms with Gasteiger partial charge in [0.05, 0.1) is 0 Å². The SMILES string of the molecule is CC1(C)C(NC(C(=O)O)c2ccccc2)[C@]2(C)CC[C@H]1C2. The van der Waals surface area contributed by atoms with E-state index in [0.29, 0.717) is 5.92 Å². The van der Waals surface area contributed by atoms with E-state index in [2.05, 4.69) is 26.1 Å². The Morgan fingerprint density at radius 3 is 2.48 bits per heavy atom. The lowest BCUT2D eigenvalue weighted by molar-refractivity contribution is -0.140. The summed E-state index contributed by atoms with van der Waals surface area (Å²) in [6.07, 6.45) is 3.71. The predicted molar refractivity (Wildman–Crippen MR) is 83.0 cm³/mol. The van der Waals surface area contributed by atoms with Crippen molar-refractivity contribution < 1.29 is 9.90 Å². The third-order valence-corrected chi connectivity index (χ3v) is 5.98. The summed E-state index contributed by atoms with van der Waals surface area (Å²) in [6, 6.07) is 9.16. The van der Waals surface area contributed by atoms with E-state index in [9.17, 15) is 9.90 Å². The quantitative estimate of drug-likeness (QED) is 0.889. The van der Waals surface area contributed by atoms with Crippen molar-refractivity contribution in [3.05, 3.63) is 35.9 Å². The van der Waals surface area contributed by atoms with Gasteiger partial charge in [-0.1, -0.05) is 51.1 Å². The fourth-order valence-corrected chi connectivity index (χ4v) is 4.84. The van der Waals surface area contributed by atoms with E-state index >= 15 is 0 Å². The zero-order chi connectivity index (χ0) is 15.3. The lowest BCUT2D eigenvalue weighted by Crippen LogP contribution is -2.52. The van der Waals surface area contributed by atoms with E-state index in [1.165, 1.54) is 19.3 Å². The molecule has 2 saturated carbocycles. The number of hydrogen-bond acceptors (Lipinski definition) is 2. The number of benzene rings is 1. The van der Waals surface area contributed by atoms with Gasteiger partial charge >= 0.3 is 5.97 Å². The molecule has 0 amide bonds. The van der Waals surface area contributed by atoms with Gasteiger partial charge in [-0.2, -0.15) is 0 Å². The van der Waals surface area contributed by atoms with Crippen LogP contribution < -0.4 is 5.32 Å². The van der Waals surface area contributed by atoms with Crippen molar-refractivity contribution in [2.75, 3.05) is 0 Å². The number of aliphatic carboxylic acids is 1. The summed E-state index contributed by atoms with van der Waals surface area (Å²) < 4.78 is 0. The zero-order valence-corrected chi connectivity index (χ0v) is 13.1. The fraction of sp³-hybridized carbons (Fsp3) is 0.611. The van der Waals surface area contributed by atoms with Gasteiger partial charge in [0.1, 0.15) is 6.04 Å². The number of rotatable bonds is 4. The molecular formula is C18H25NO2. The van der Waals surface area contributed by atoms with Gasteiger partial charge in [0.25, 0.3) is 0 Å². The van der Waals surface area contributed by atoms with E-state index in [-0.39, 0.29) is 16.9 Å². The normalized spacial score (nSPS) is 34.8. The highest BCUT2D eigenvalue weighted by atomic mass is 16.4. The Hall–Kier alpha value is -1.35. The lowest BCUT2D eigenvalue weighted by Gasteiger charge is -2.44. The fourth-order valence-electron chi connectivity index (χ4n) is 4.84. The Bertz CT molecular complexity index is 535. The first-order valence-electron chi connectivity index (χ1n) is 7.88. The standard InChI is InChI=1S/C18H25NO2/c1-17(2)13-9-10-18(3,11-13)16(17)19-14(15(20)21)12-7-5-4-6-8-12/h4-8,13-14,16,19H,9-11H2,1-3H3,(H,20,21)/t13-,14?,16?,18+/m0/s1. The average molecular weight is 287 g/mol. The molecule has 0 aliphatic heterocycles. The van der Waals surface area contributed by atoms with Gasteiger partial charge in [-0.05, 0) is 41.6 Å². The van der Waals surface area contributed by atoms with Crippen LogP contribution in [0.5, 0.6) is 0 Å². The van der Waals surface area contributed by atoms with E-state index in [1.54, 1.807) is 0 Å². The molecule has 2 fully saturated rings. The molecule has 3 heteroatoms. The Kier molecular flexibility index (Phi) is 3.36. The van der Waals surface area contributed by atoms with Crippen LogP contribution in [0.3, 0.4) is 0 Å². The maximum Gasteiger partial charge on any atom is 0.325 e. The van der Waals surface area contributed by atoms with Gasteiger partial charge in [0.15, 0.2) is 0 Å². The van der Waals surface area contributed by atoms with E-state index in [0.717, 1.165) is 5.56 Å². The second-order valence-corrected chi connectivity index (χ2v) is 7.70. The Morgan fingerprint density at radius 2 is 1.95 bits per heavy atom. The maximum atomic E-state index is 11.7. The summed E-state index contributed by atoms with van der Waals surface area (Å²) in [5.41, 5.74) is 1.23. The number of carbonyl (C=O) groups is 1. The molecule has 4 atom stereocenters. The van der Waals surface area contributed by atoms with E-state index in [1.807, 2.05) is 30.3 Å². The van der Waals surface area contributed by atoms with Gasteiger partial charge < -0.3 is 5.11 Å². The minimum atomic E-state index is -0.789. The minimum Gasteiger partial charge on any atom is -0.480 e. The van der Waals surface area contributed by atoms with Crippen molar-refractivity contribution in [3.8, 4) is 0 Å². The number of carboxylic acid groups (broad SMARTS) is 1. The highest BCUT2D eigenvalue weighted by molar-refractivity contribution is 5.75. The molecule has 2 bridgehead atoms. The van der Waals surface area contributed by atoms with Crippen LogP contribution in [-0.2, 0) is 4.79 Å². The molecule has 1 aromatic rings. The van der Waals surface area contributed by atoms with Crippen molar-refractivity contribution in [3.63, 3.8) is 0 Å². The Labute approximate surface area is 126 Å². The van der Waals surface area contributed by atoms with Crippen LogP contribution in [0.4, 0.5) is 0 Å². The van der Waals surface area contributed by atoms with Crippen molar-refractivity contribution in [2.45, 2.75) is 52.1 Å². The summed E-state index contributed by atoms with van der Waals surface area (Å²) in [5.74, 6) is -0.0754. The molecule has 2 N–H and O–H groups in total. The molecule has 0 spiro atoms. The Balaban J connectivity index is 1.88. The third-order valence-electron chi connectivity index (χ3n) is 5.98. The monoisotopic (exact) mass is 287 g/mol. The molecule has 3 nitrogen and oxygen atoms in total. The van der Waals surface area contributed by atoms with Crippen LogP contribution in [0.1, 0.15) is 51.6 Å². The summed E-state index contributed by atoms with van der Waals surface area (Å²) in [5, 5.41) is 13.1. The lowest BCUT2D eigenvalue weighted by atomic mass is 9.68. The summed E-state index contributed by atoms with van der Waals surface area (Å²) in [6.45, 7) is 6.91. The summed E-state index contributed by atoms with van der Waals surface area (Å²) in [7, 11) is 0. The van der Waals surface area contributed by atoms with Crippen molar-refractivity contribution in [2.24, 2.45) is 16.7 Å². The highest BCUT2D eigenvalue weighted by Crippen LogP contribution is 2.62. The second-order valence-electron chi connectivity index (χ2n) is 7.70. The van der Waals surface area contributed by atoms with Crippen molar-refractivity contribution in [1.82, 2.24) is 5.32 Å². The first kappa shape index (κ1) is 14.6. The second kappa shape index (κ2) is 4.84. The van der Waals surface area contributed by atoms with Gasteiger partial charge in [0, 0.05) is 6.04 Å². The first-order valence-corrected chi connectivity index (χ1v) is 7.88. The molecule has 21 heavy (non-hydrogen) atoms. The molecular weight excluding hydrogens is 262 g/mol. The van der Waals surface area contributed by atoms with Crippen LogP contribution in [0, 0.1) is 16.7 Å². The highest BCUT2D eigenvalue weighted by Gasteiger charge is 2.59. The predicted octanol–water partition coefficient (Wildman–Crippen LogP) is 3.62. The van der Waals surface area contributed by atoms with Gasteiger partial charge in [-0.25, -0.2) is 0 Å². The molecule has 114 valence electrons. The maximum absolute atomic E-state index is 11.7. The van der Waals surface area contributed by atoms with Gasteiger partial charge in [-0.15, -0.1) is 0 Å². The summed E-state index contributed by atoms with van der Waals surface area (Å²) >= 11 is 0.